The van der Waals surface area contributed by atoms with Gasteiger partial charge >= 0.3 is 0 Å². The Balaban J connectivity index is 1.65. The van der Waals surface area contributed by atoms with Crippen molar-refractivity contribution in [2.45, 2.75) is 63.6 Å². The van der Waals surface area contributed by atoms with Gasteiger partial charge in [-0.05, 0) is 63.2 Å². The maximum atomic E-state index is 4.36. The molecule has 2 heterocycles. The molecular weight excluding hydrogens is 316 g/mol. The van der Waals surface area contributed by atoms with E-state index in [2.05, 4.69) is 60.9 Å². The Kier molecular flexibility index (Phi) is 6.37. The van der Waals surface area contributed by atoms with Crippen molar-refractivity contribution < 1.29 is 0 Å². The third kappa shape index (κ3) is 4.12. The van der Waals surface area contributed by atoms with E-state index in [1.165, 1.54) is 55.3 Å². The van der Waals surface area contributed by atoms with Crippen molar-refractivity contribution in [1.29, 1.82) is 0 Å². The van der Waals surface area contributed by atoms with Gasteiger partial charge in [-0.1, -0.05) is 43.4 Å². The van der Waals surface area contributed by atoms with Gasteiger partial charge < -0.3 is 9.80 Å². The lowest BCUT2D eigenvalue weighted by atomic mass is 9.95. The fourth-order valence-corrected chi connectivity index (χ4v) is 4.50. The molecular formula is C24H34N2. The predicted molar refractivity (Wildman–Crippen MR) is 113 cm³/mol. The first kappa shape index (κ1) is 19.0. The largest absolute Gasteiger partial charge is 0.361 e. The lowest BCUT2D eigenvalue weighted by molar-refractivity contribution is 0.176. The number of piperidine rings is 1. The van der Waals surface area contributed by atoms with Crippen LogP contribution in [0.2, 0.25) is 0 Å². The van der Waals surface area contributed by atoms with Crippen molar-refractivity contribution in [3.63, 3.8) is 0 Å². The lowest BCUT2D eigenvalue weighted by Gasteiger charge is -2.32. The summed E-state index contributed by atoms with van der Waals surface area (Å²) >= 11 is 0. The molecule has 2 atom stereocenters. The minimum Gasteiger partial charge on any atom is -0.361 e. The van der Waals surface area contributed by atoms with E-state index in [4.69, 9.17) is 0 Å². The summed E-state index contributed by atoms with van der Waals surface area (Å²) in [6, 6.07) is 8.10. The highest BCUT2D eigenvalue weighted by atomic mass is 15.2. The molecule has 0 spiro atoms. The number of benzene rings is 1. The zero-order chi connectivity index (χ0) is 18.5. The van der Waals surface area contributed by atoms with E-state index < -0.39 is 0 Å². The summed E-state index contributed by atoms with van der Waals surface area (Å²) in [5.41, 5.74) is 5.36. The van der Waals surface area contributed by atoms with Gasteiger partial charge in [0.2, 0.25) is 0 Å². The SMILES string of the molecule is C=CCCC(C=C)N1Cc2cc(CCC3CCCCN3C)ccc2C1=C. The van der Waals surface area contributed by atoms with E-state index in [-0.39, 0.29) is 0 Å². The average molecular weight is 351 g/mol. The van der Waals surface area contributed by atoms with Gasteiger partial charge in [0.1, 0.15) is 0 Å². The molecule has 0 aromatic heterocycles. The van der Waals surface area contributed by atoms with Crippen molar-refractivity contribution in [1.82, 2.24) is 9.80 Å². The van der Waals surface area contributed by atoms with Gasteiger partial charge in [-0.3, -0.25) is 0 Å². The van der Waals surface area contributed by atoms with Crippen molar-refractivity contribution in [3.8, 4) is 0 Å². The molecule has 1 fully saturated rings. The Labute approximate surface area is 159 Å². The molecule has 0 bridgehead atoms. The van der Waals surface area contributed by atoms with Crippen LogP contribution in [-0.4, -0.2) is 35.5 Å². The van der Waals surface area contributed by atoms with Crippen LogP contribution in [0.4, 0.5) is 0 Å². The number of rotatable bonds is 8. The molecule has 2 heteroatoms. The molecule has 0 amide bonds. The summed E-state index contributed by atoms with van der Waals surface area (Å²) in [4.78, 5) is 4.95. The van der Waals surface area contributed by atoms with Gasteiger partial charge in [0.05, 0.1) is 0 Å². The number of hydrogen-bond donors (Lipinski definition) is 0. The maximum Gasteiger partial charge on any atom is 0.0477 e. The van der Waals surface area contributed by atoms with E-state index in [1.54, 1.807) is 0 Å². The first-order valence-corrected chi connectivity index (χ1v) is 10.2. The zero-order valence-electron chi connectivity index (χ0n) is 16.4. The van der Waals surface area contributed by atoms with Crippen LogP contribution in [0.5, 0.6) is 0 Å². The fourth-order valence-electron chi connectivity index (χ4n) is 4.50. The monoisotopic (exact) mass is 350 g/mol. The Morgan fingerprint density at radius 1 is 1.27 bits per heavy atom. The third-order valence-electron chi connectivity index (χ3n) is 6.19. The lowest BCUT2D eigenvalue weighted by Crippen LogP contribution is -2.36. The van der Waals surface area contributed by atoms with Crippen LogP contribution in [0.15, 0.2) is 50.1 Å². The molecule has 2 aliphatic heterocycles. The van der Waals surface area contributed by atoms with Crippen LogP contribution in [0, 0.1) is 0 Å². The Hall–Kier alpha value is -1.80. The number of likely N-dealkylation sites (tertiary alicyclic amines) is 1. The van der Waals surface area contributed by atoms with Crippen LogP contribution in [-0.2, 0) is 13.0 Å². The summed E-state index contributed by atoms with van der Waals surface area (Å²) in [6.45, 7) is 14.5. The van der Waals surface area contributed by atoms with E-state index in [1.807, 2.05) is 6.08 Å². The van der Waals surface area contributed by atoms with Crippen molar-refractivity contribution >= 4 is 5.70 Å². The minimum atomic E-state index is 0.340. The highest BCUT2D eigenvalue weighted by Gasteiger charge is 2.27. The predicted octanol–water partition coefficient (Wildman–Crippen LogP) is 5.41. The van der Waals surface area contributed by atoms with Crippen LogP contribution in [0.1, 0.15) is 55.2 Å². The van der Waals surface area contributed by atoms with E-state index in [0.717, 1.165) is 31.1 Å². The quantitative estimate of drug-likeness (QED) is 0.578. The third-order valence-corrected chi connectivity index (χ3v) is 6.19. The standard InChI is InChI=1S/C24H34N2/c1-5-7-10-22(6-2)26-18-21-17-20(13-15-24(21)19(26)3)12-14-23-11-8-9-16-25(23)4/h5-6,13,15,17,22-23H,1-3,7-12,14,16,18H2,4H3. The van der Waals surface area contributed by atoms with E-state index in [9.17, 15) is 0 Å². The zero-order valence-corrected chi connectivity index (χ0v) is 16.4. The van der Waals surface area contributed by atoms with Gasteiger partial charge in [-0.25, -0.2) is 0 Å². The number of fused-ring (bicyclic) bond motifs is 1. The normalized spacial score (nSPS) is 21.5. The fraction of sp³-hybridized carbons (Fsp3) is 0.500. The smallest absolute Gasteiger partial charge is 0.0477 e. The minimum absolute atomic E-state index is 0.340. The summed E-state index contributed by atoms with van der Waals surface area (Å²) in [7, 11) is 2.28. The van der Waals surface area contributed by atoms with Gasteiger partial charge in [0, 0.05) is 29.9 Å². The molecule has 2 aliphatic rings. The number of aryl methyl sites for hydroxylation is 1. The first-order chi connectivity index (χ1) is 12.6. The van der Waals surface area contributed by atoms with Crippen LogP contribution in [0.3, 0.4) is 0 Å². The van der Waals surface area contributed by atoms with Gasteiger partial charge in [0.15, 0.2) is 0 Å². The molecule has 0 radical (unpaired) electrons. The van der Waals surface area contributed by atoms with E-state index in [0.29, 0.717) is 6.04 Å². The number of nitrogens with zero attached hydrogens (tertiary/aromatic N) is 2. The second-order valence-electron chi connectivity index (χ2n) is 7.90. The van der Waals surface area contributed by atoms with Gasteiger partial charge in [-0.2, -0.15) is 0 Å². The van der Waals surface area contributed by atoms with Crippen LogP contribution < -0.4 is 0 Å². The Morgan fingerprint density at radius 3 is 2.85 bits per heavy atom. The molecule has 3 rings (SSSR count). The van der Waals surface area contributed by atoms with Crippen molar-refractivity contribution in [2.75, 3.05) is 13.6 Å². The van der Waals surface area contributed by atoms with Crippen molar-refractivity contribution in [2.24, 2.45) is 0 Å². The first-order valence-electron chi connectivity index (χ1n) is 10.2. The molecule has 2 unspecified atom stereocenters. The number of hydrogen-bond acceptors (Lipinski definition) is 2. The Bertz CT molecular complexity index is 660. The maximum absolute atomic E-state index is 4.36. The molecule has 0 aliphatic carbocycles. The Morgan fingerprint density at radius 2 is 2.12 bits per heavy atom. The molecule has 140 valence electrons. The average Bonchev–Trinajstić information content (AvgIpc) is 2.98. The molecule has 2 nitrogen and oxygen atoms in total. The van der Waals surface area contributed by atoms with Gasteiger partial charge in [-0.15, -0.1) is 13.2 Å². The molecule has 26 heavy (non-hydrogen) atoms. The highest BCUT2D eigenvalue weighted by molar-refractivity contribution is 5.69. The second kappa shape index (κ2) is 8.73. The summed E-state index contributed by atoms with van der Waals surface area (Å²) in [6.07, 6.45) is 12.7. The summed E-state index contributed by atoms with van der Waals surface area (Å²) in [5, 5.41) is 0. The molecule has 1 saturated heterocycles. The molecule has 1 aromatic rings. The summed E-state index contributed by atoms with van der Waals surface area (Å²) in [5.74, 6) is 0. The number of allylic oxidation sites excluding steroid dienone is 1. The van der Waals surface area contributed by atoms with Gasteiger partial charge in [0.25, 0.3) is 0 Å². The highest BCUT2D eigenvalue weighted by Crippen LogP contribution is 2.35. The van der Waals surface area contributed by atoms with E-state index >= 15 is 0 Å². The van der Waals surface area contributed by atoms with Crippen LogP contribution >= 0.6 is 0 Å². The molecule has 0 saturated carbocycles. The van der Waals surface area contributed by atoms with Crippen molar-refractivity contribution in [3.05, 3.63) is 66.8 Å². The topological polar surface area (TPSA) is 6.48 Å². The summed E-state index contributed by atoms with van der Waals surface area (Å²) < 4.78 is 0. The second-order valence-corrected chi connectivity index (χ2v) is 7.90. The van der Waals surface area contributed by atoms with Crippen LogP contribution in [0.25, 0.3) is 5.70 Å². The molecule has 1 aromatic carbocycles. The molecule has 0 N–H and O–H groups in total.